The van der Waals surface area contributed by atoms with Crippen molar-refractivity contribution in [1.29, 1.82) is 0 Å². The third-order valence-corrected chi connectivity index (χ3v) is 0.694. The summed E-state index contributed by atoms with van der Waals surface area (Å²) in [6.45, 7) is 1.40. The summed E-state index contributed by atoms with van der Waals surface area (Å²) >= 11 is 3.03. The fraction of sp³-hybridized carbons (Fsp3) is 1.00. The lowest BCUT2D eigenvalue weighted by Crippen LogP contribution is -2.38. The van der Waals surface area contributed by atoms with E-state index in [4.69, 9.17) is 14.6 Å². The zero-order valence-electron chi connectivity index (χ0n) is 6.33. The van der Waals surface area contributed by atoms with Crippen LogP contribution in [-0.2, 0) is 4.57 Å². The molecule has 74 valence electrons. The first-order chi connectivity index (χ1) is 4.98. The van der Waals surface area contributed by atoms with Crippen LogP contribution in [-0.4, -0.2) is 21.8 Å². The minimum Gasteiger partial charge on any atom is -0.381 e. The van der Waals surface area contributed by atoms with Gasteiger partial charge in [0, 0.05) is 0 Å². The molecule has 0 spiro atoms. The quantitative estimate of drug-likeness (QED) is 0.436. The second-order valence-corrected chi connectivity index (χ2v) is 3.84. The van der Waals surface area contributed by atoms with Gasteiger partial charge in [-0.2, -0.15) is 18.1 Å². The van der Waals surface area contributed by atoms with Gasteiger partial charge in [0.05, 0.1) is 0 Å². The summed E-state index contributed by atoms with van der Waals surface area (Å²) in [5, 5.41) is 8.23. The standard InChI is InChI=1S/C4H7F3O.HO2PS/c1-3(2,8)4(5,6)7;1-3(2)4/h8H,1-2H3;(H-,1,2,4)/p+1. The lowest BCUT2D eigenvalue weighted by Gasteiger charge is -2.20. The molecule has 0 radical (unpaired) electrons. The number of alkyl halides is 3. The van der Waals surface area contributed by atoms with Crippen LogP contribution in [0.4, 0.5) is 13.2 Å². The molecule has 8 heteroatoms. The Bertz CT molecular complexity index is 137. The molecule has 1 atom stereocenters. The Balaban J connectivity index is 0. The summed E-state index contributed by atoms with van der Waals surface area (Å²) < 4.78 is 42.9. The maximum Gasteiger partial charge on any atom is 0.579 e. The van der Waals surface area contributed by atoms with Gasteiger partial charge in [-0.15, -0.1) is 0 Å². The average Bonchev–Trinajstić information content (AvgIpc) is 1.55. The van der Waals surface area contributed by atoms with Gasteiger partial charge in [0.15, 0.2) is 5.60 Å². The van der Waals surface area contributed by atoms with Crippen LogP contribution in [0.3, 0.4) is 0 Å². The molecule has 0 aliphatic carbocycles. The second kappa shape index (κ2) is 5.01. The fourth-order valence-electron chi connectivity index (χ4n) is 0. The zero-order valence-corrected chi connectivity index (χ0v) is 8.12. The molecule has 0 aromatic heterocycles. The van der Waals surface area contributed by atoms with E-state index < -0.39 is 19.0 Å². The normalized spacial score (nSPS) is 13.2. The van der Waals surface area contributed by atoms with Crippen molar-refractivity contribution < 1.29 is 27.7 Å². The largest absolute Gasteiger partial charge is 0.579 e. The van der Waals surface area contributed by atoms with E-state index in [2.05, 4.69) is 12.2 Å². The first-order valence-corrected chi connectivity index (χ1v) is 4.99. The van der Waals surface area contributed by atoms with Crippen molar-refractivity contribution in [2.24, 2.45) is 0 Å². The van der Waals surface area contributed by atoms with E-state index in [-0.39, 0.29) is 0 Å². The Morgan fingerprint density at radius 3 is 1.42 bits per heavy atom. The van der Waals surface area contributed by atoms with Crippen LogP contribution in [0.1, 0.15) is 13.8 Å². The Hall–Kier alpha value is 0.160. The molecule has 0 saturated carbocycles. The molecule has 0 aliphatic rings. The summed E-state index contributed by atoms with van der Waals surface area (Å²) in [6, 6.07) is 0. The molecule has 3 nitrogen and oxygen atoms in total. The molecule has 0 aromatic rings. The third kappa shape index (κ3) is 10.2. The molecule has 0 bridgehead atoms. The van der Waals surface area contributed by atoms with Crippen LogP contribution in [0.15, 0.2) is 0 Å². The predicted molar refractivity (Wildman–Crippen MR) is 41.2 cm³/mol. The van der Waals surface area contributed by atoms with Crippen LogP contribution in [0.25, 0.3) is 0 Å². The lowest BCUT2D eigenvalue weighted by molar-refractivity contribution is -0.245. The van der Waals surface area contributed by atoms with Crippen LogP contribution in [0.2, 0.25) is 0 Å². The fourth-order valence-corrected chi connectivity index (χ4v) is 0. The van der Waals surface area contributed by atoms with Gasteiger partial charge in [0.1, 0.15) is 12.2 Å². The van der Waals surface area contributed by atoms with Gasteiger partial charge in [0.25, 0.3) is 0 Å². The molecule has 0 heterocycles. The van der Waals surface area contributed by atoms with E-state index in [1.807, 2.05) is 0 Å². The van der Waals surface area contributed by atoms with E-state index >= 15 is 0 Å². The Morgan fingerprint density at radius 2 is 1.42 bits per heavy atom. The molecular formula is C4H9F3O3PS+. The van der Waals surface area contributed by atoms with Gasteiger partial charge < -0.3 is 5.11 Å². The summed E-state index contributed by atoms with van der Waals surface area (Å²) in [4.78, 5) is 7.43. The van der Waals surface area contributed by atoms with E-state index in [0.29, 0.717) is 13.8 Å². The van der Waals surface area contributed by atoms with Crippen LogP contribution in [0, 0.1) is 0 Å². The van der Waals surface area contributed by atoms with E-state index in [0.717, 1.165) is 0 Å². The highest BCUT2D eigenvalue weighted by Gasteiger charge is 2.45. The minimum absolute atomic E-state index is 0.701. The summed E-state index contributed by atoms with van der Waals surface area (Å²) in [5.41, 5.74) is -2.56. The van der Waals surface area contributed by atoms with Crippen LogP contribution in [0.5, 0.6) is 0 Å². The molecule has 0 saturated heterocycles. The van der Waals surface area contributed by atoms with E-state index in [1.54, 1.807) is 0 Å². The predicted octanol–water partition coefficient (Wildman–Crippen LogP) is 1.89. The average molecular weight is 225 g/mol. The lowest BCUT2D eigenvalue weighted by atomic mass is 10.1. The Labute approximate surface area is 73.6 Å². The molecule has 1 unspecified atom stereocenters. The number of aliphatic hydroxyl groups is 1. The first kappa shape index (κ1) is 14.7. The van der Waals surface area contributed by atoms with Gasteiger partial charge >= 0.3 is 13.4 Å². The molecule has 0 fully saturated rings. The van der Waals surface area contributed by atoms with Gasteiger partial charge in [-0.25, -0.2) is 0 Å². The molecule has 0 aliphatic heterocycles. The summed E-state index contributed by atoms with van der Waals surface area (Å²) in [7, 11) is -2.18. The van der Waals surface area contributed by atoms with Crippen LogP contribution < -0.4 is 0 Å². The highest BCUT2D eigenvalue weighted by Crippen LogP contribution is 2.28. The molecule has 2 N–H and O–H groups in total. The SMILES string of the molecule is CC(C)(O)C(F)(F)F.O=[P+](O)S. The maximum absolute atomic E-state index is 11.3. The minimum atomic E-state index is -4.51. The number of hydrogen-bond donors (Lipinski definition) is 3. The Morgan fingerprint density at radius 1 is 1.33 bits per heavy atom. The van der Waals surface area contributed by atoms with Crippen molar-refractivity contribution in [2.45, 2.75) is 25.6 Å². The molecule has 0 rings (SSSR count). The summed E-state index contributed by atoms with van der Waals surface area (Å²) in [5.74, 6) is 0. The smallest absolute Gasteiger partial charge is 0.381 e. The van der Waals surface area contributed by atoms with Gasteiger partial charge in [-0.1, -0.05) is 0 Å². The second-order valence-electron chi connectivity index (χ2n) is 2.31. The Kier molecular flexibility index (Phi) is 6.13. The molecule has 0 aromatic carbocycles. The van der Waals surface area contributed by atoms with Gasteiger partial charge in [-0.3, -0.25) is 0 Å². The van der Waals surface area contributed by atoms with E-state index in [9.17, 15) is 13.2 Å². The van der Waals surface area contributed by atoms with Crippen molar-refractivity contribution in [3.8, 4) is 0 Å². The van der Waals surface area contributed by atoms with Crippen molar-refractivity contribution in [3.05, 3.63) is 0 Å². The van der Waals surface area contributed by atoms with Gasteiger partial charge in [-0.05, 0) is 18.4 Å². The van der Waals surface area contributed by atoms with Crippen molar-refractivity contribution >= 4 is 19.5 Å². The molecule has 0 amide bonds. The van der Waals surface area contributed by atoms with Crippen molar-refractivity contribution in [1.82, 2.24) is 0 Å². The monoisotopic (exact) mass is 225 g/mol. The maximum atomic E-state index is 11.3. The third-order valence-electron chi connectivity index (χ3n) is 0.694. The topological polar surface area (TPSA) is 57.5 Å². The highest BCUT2D eigenvalue weighted by atomic mass is 32.7. The first-order valence-electron chi connectivity index (χ1n) is 2.62. The number of halogens is 3. The molecule has 12 heavy (non-hydrogen) atoms. The van der Waals surface area contributed by atoms with Crippen molar-refractivity contribution in [3.63, 3.8) is 0 Å². The van der Waals surface area contributed by atoms with Crippen molar-refractivity contribution in [2.75, 3.05) is 0 Å². The number of hydrogen-bond acceptors (Lipinski definition) is 2. The highest BCUT2D eigenvalue weighted by molar-refractivity contribution is 8.38. The van der Waals surface area contributed by atoms with E-state index in [1.165, 1.54) is 0 Å². The molecular weight excluding hydrogens is 216 g/mol. The van der Waals surface area contributed by atoms with Gasteiger partial charge in [0.2, 0.25) is 0 Å². The number of rotatable bonds is 0. The summed E-state index contributed by atoms with van der Waals surface area (Å²) in [6.07, 6.45) is -4.51. The van der Waals surface area contributed by atoms with Crippen LogP contribution >= 0.6 is 19.5 Å². The zero-order chi connectivity index (χ0) is 10.6. The number of thiol groups is 1.